The van der Waals surface area contributed by atoms with Gasteiger partial charge in [0.25, 0.3) is 0 Å². The lowest BCUT2D eigenvalue weighted by Crippen LogP contribution is -2.22. The number of hydrogen-bond donors (Lipinski definition) is 2. The lowest BCUT2D eigenvalue weighted by molar-refractivity contribution is -0.116. The lowest BCUT2D eigenvalue weighted by Gasteiger charge is -2.24. The molecule has 0 saturated carbocycles. The number of carbonyl (C=O) groups excluding carboxylic acids is 1. The molecule has 0 unspecified atom stereocenters. The van der Waals surface area contributed by atoms with Crippen molar-refractivity contribution >= 4 is 23.0 Å². The molecule has 1 fully saturated rings. The first-order valence-corrected chi connectivity index (χ1v) is 6.21. The molecule has 1 aromatic rings. The van der Waals surface area contributed by atoms with Gasteiger partial charge in [0, 0.05) is 25.2 Å². The Morgan fingerprint density at radius 3 is 2.71 bits per heavy atom. The monoisotopic (exact) mass is 231 g/mol. The third kappa shape index (κ3) is 1.84. The van der Waals surface area contributed by atoms with Crippen LogP contribution in [0.1, 0.15) is 24.8 Å². The van der Waals surface area contributed by atoms with Gasteiger partial charge in [-0.15, -0.1) is 0 Å². The Hall–Kier alpha value is -1.71. The second-order valence-electron chi connectivity index (χ2n) is 4.81. The fourth-order valence-electron chi connectivity index (χ4n) is 2.66. The normalized spacial score (nSPS) is 19.1. The molecule has 90 valence electrons. The molecule has 0 radical (unpaired) electrons. The molecule has 0 bridgehead atoms. The summed E-state index contributed by atoms with van der Waals surface area (Å²) in [4.78, 5) is 13.7. The van der Waals surface area contributed by atoms with Gasteiger partial charge < -0.3 is 16.0 Å². The Bertz CT molecular complexity index is 464. The van der Waals surface area contributed by atoms with Crippen LogP contribution < -0.4 is 16.0 Å². The van der Waals surface area contributed by atoms with Crippen LogP contribution in [0.3, 0.4) is 0 Å². The summed E-state index contributed by atoms with van der Waals surface area (Å²) in [7, 11) is 0. The smallest absolute Gasteiger partial charge is 0.224 e. The zero-order valence-corrected chi connectivity index (χ0v) is 9.83. The quantitative estimate of drug-likeness (QED) is 0.724. The summed E-state index contributed by atoms with van der Waals surface area (Å²) >= 11 is 0. The maximum absolute atomic E-state index is 11.3. The first-order chi connectivity index (χ1) is 8.24. The van der Waals surface area contributed by atoms with E-state index in [1.807, 2.05) is 6.07 Å². The van der Waals surface area contributed by atoms with Gasteiger partial charge in [-0.25, -0.2) is 0 Å². The number of rotatable bonds is 1. The molecular weight excluding hydrogens is 214 g/mol. The Labute approximate surface area is 101 Å². The lowest BCUT2D eigenvalue weighted by atomic mass is 10.0. The molecule has 2 aliphatic heterocycles. The van der Waals surface area contributed by atoms with E-state index >= 15 is 0 Å². The number of nitrogens with one attached hydrogen (secondary N) is 1. The van der Waals surface area contributed by atoms with Crippen molar-refractivity contribution in [2.24, 2.45) is 0 Å². The molecule has 1 aromatic carbocycles. The van der Waals surface area contributed by atoms with Gasteiger partial charge in [0.1, 0.15) is 0 Å². The van der Waals surface area contributed by atoms with E-state index in [2.05, 4.69) is 16.3 Å². The van der Waals surface area contributed by atoms with Gasteiger partial charge in [-0.1, -0.05) is 0 Å². The van der Waals surface area contributed by atoms with E-state index in [0.29, 0.717) is 6.42 Å². The third-order valence-corrected chi connectivity index (χ3v) is 3.59. The molecule has 4 heteroatoms. The molecule has 2 aliphatic rings. The van der Waals surface area contributed by atoms with Gasteiger partial charge in [0.15, 0.2) is 0 Å². The summed E-state index contributed by atoms with van der Waals surface area (Å²) in [6, 6.07) is 4.05. The molecule has 0 aliphatic carbocycles. The molecule has 0 atom stereocenters. The van der Waals surface area contributed by atoms with Crippen LogP contribution in [-0.2, 0) is 11.2 Å². The molecule has 0 spiro atoms. The van der Waals surface area contributed by atoms with Gasteiger partial charge in [-0.05, 0) is 37.0 Å². The highest BCUT2D eigenvalue weighted by Gasteiger charge is 2.20. The second kappa shape index (κ2) is 3.95. The highest BCUT2D eigenvalue weighted by atomic mass is 16.1. The largest absolute Gasteiger partial charge is 0.397 e. The van der Waals surface area contributed by atoms with Crippen LogP contribution in [0.25, 0.3) is 0 Å². The van der Waals surface area contributed by atoms with Crippen molar-refractivity contribution in [1.29, 1.82) is 0 Å². The Balaban J connectivity index is 1.98. The highest BCUT2D eigenvalue weighted by Crippen LogP contribution is 2.34. The zero-order valence-electron chi connectivity index (χ0n) is 9.83. The number of nitrogens with two attached hydrogens (primary N) is 1. The molecule has 1 saturated heterocycles. The standard InChI is InChI=1S/C13H17N3O/c14-10-8-11-9(3-4-13(17)15-11)7-12(10)16-5-1-2-6-16/h7-8H,1-6,14H2,(H,15,17). The van der Waals surface area contributed by atoms with E-state index in [1.54, 1.807) is 0 Å². The predicted molar refractivity (Wildman–Crippen MR) is 69.3 cm³/mol. The van der Waals surface area contributed by atoms with E-state index in [1.165, 1.54) is 18.4 Å². The summed E-state index contributed by atoms with van der Waals surface area (Å²) in [5.74, 6) is 0.0887. The number of hydrogen-bond acceptors (Lipinski definition) is 3. The second-order valence-corrected chi connectivity index (χ2v) is 4.81. The number of aryl methyl sites for hydroxylation is 1. The molecule has 2 heterocycles. The van der Waals surface area contributed by atoms with Crippen molar-refractivity contribution in [2.75, 3.05) is 29.0 Å². The van der Waals surface area contributed by atoms with Crippen LogP contribution in [0, 0.1) is 0 Å². The average molecular weight is 231 g/mol. The maximum atomic E-state index is 11.3. The van der Waals surface area contributed by atoms with Crippen molar-refractivity contribution in [3.8, 4) is 0 Å². The first kappa shape index (κ1) is 10.4. The molecule has 3 rings (SSSR count). The van der Waals surface area contributed by atoms with Crippen LogP contribution in [-0.4, -0.2) is 19.0 Å². The fraction of sp³-hybridized carbons (Fsp3) is 0.462. The first-order valence-electron chi connectivity index (χ1n) is 6.21. The third-order valence-electron chi connectivity index (χ3n) is 3.59. The Kier molecular flexibility index (Phi) is 2.42. The summed E-state index contributed by atoms with van der Waals surface area (Å²) in [6.45, 7) is 2.19. The van der Waals surface area contributed by atoms with E-state index in [0.717, 1.165) is 36.6 Å². The van der Waals surface area contributed by atoms with Crippen molar-refractivity contribution in [1.82, 2.24) is 0 Å². The number of nitrogen functional groups attached to an aromatic ring is 1. The van der Waals surface area contributed by atoms with Crippen LogP contribution in [0.4, 0.5) is 17.1 Å². The summed E-state index contributed by atoms with van der Waals surface area (Å²) < 4.78 is 0. The van der Waals surface area contributed by atoms with Gasteiger partial charge in [-0.2, -0.15) is 0 Å². The number of carbonyl (C=O) groups is 1. The summed E-state index contributed by atoms with van der Waals surface area (Å²) in [5, 5.41) is 2.88. The highest BCUT2D eigenvalue weighted by molar-refractivity contribution is 5.95. The number of fused-ring (bicyclic) bond motifs is 1. The van der Waals surface area contributed by atoms with E-state index in [-0.39, 0.29) is 5.91 Å². The molecular formula is C13H17N3O. The number of anilines is 3. The molecule has 4 nitrogen and oxygen atoms in total. The summed E-state index contributed by atoms with van der Waals surface area (Å²) in [5.41, 5.74) is 10.1. The number of benzene rings is 1. The van der Waals surface area contributed by atoms with Crippen LogP contribution >= 0.6 is 0 Å². The van der Waals surface area contributed by atoms with Crippen molar-refractivity contribution < 1.29 is 4.79 Å². The minimum absolute atomic E-state index is 0.0887. The van der Waals surface area contributed by atoms with Gasteiger partial charge in [0.2, 0.25) is 5.91 Å². The number of amides is 1. The maximum Gasteiger partial charge on any atom is 0.224 e. The number of nitrogens with zero attached hydrogens (tertiary/aromatic N) is 1. The van der Waals surface area contributed by atoms with Crippen molar-refractivity contribution in [3.05, 3.63) is 17.7 Å². The molecule has 3 N–H and O–H groups in total. The molecule has 0 aromatic heterocycles. The minimum Gasteiger partial charge on any atom is -0.397 e. The van der Waals surface area contributed by atoms with Gasteiger partial charge in [-0.3, -0.25) is 4.79 Å². The minimum atomic E-state index is 0.0887. The van der Waals surface area contributed by atoms with Gasteiger partial charge >= 0.3 is 0 Å². The Morgan fingerprint density at radius 1 is 1.18 bits per heavy atom. The SMILES string of the molecule is Nc1cc2c(cc1N1CCCC1)CCC(=O)N2. The van der Waals surface area contributed by atoms with Crippen LogP contribution in [0.2, 0.25) is 0 Å². The van der Waals surface area contributed by atoms with E-state index in [4.69, 9.17) is 5.73 Å². The Morgan fingerprint density at radius 2 is 1.94 bits per heavy atom. The fourth-order valence-corrected chi connectivity index (χ4v) is 2.66. The average Bonchev–Trinajstić information content (AvgIpc) is 2.81. The van der Waals surface area contributed by atoms with Crippen LogP contribution in [0.15, 0.2) is 12.1 Å². The van der Waals surface area contributed by atoms with E-state index in [9.17, 15) is 4.79 Å². The topological polar surface area (TPSA) is 58.4 Å². The molecule has 17 heavy (non-hydrogen) atoms. The molecule has 1 amide bonds. The van der Waals surface area contributed by atoms with Crippen molar-refractivity contribution in [3.63, 3.8) is 0 Å². The van der Waals surface area contributed by atoms with Gasteiger partial charge in [0.05, 0.1) is 11.4 Å². The summed E-state index contributed by atoms with van der Waals surface area (Å²) in [6.07, 6.45) is 3.89. The van der Waals surface area contributed by atoms with Crippen molar-refractivity contribution in [2.45, 2.75) is 25.7 Å². The van der Waals surface area contributed by atoms with Crippen LogP contribution in [0.5, 0.6) is 0 Å². The van der Waals surface area contributed by atoms with E-state index < -0.39 is 0 Å². The zero-order chi connectivity index (χ0) is 11.8. The predicted octanol–water partition coefficient (Wildman–Crippen LogP) is 1.75.